The van der Waals surface area contributed by atoms with Crippen molar-refractivity contribution in [3.63, 3.8) is 0 Å². The molecule has 1 amide bonds. The van der Waals surface area contributed by atoms with Crippen LogP contribution in [-0.2, 0) is 6.42 Å². The van der Waals surface area contributed by atoms with Crippen LogP contribution < -0.4 is 10.1 Å². The SMILES string of the molecule is O=C(N[C@@H](CO)Cc1ccccn1)c1cc(OC(F)(F)F)ccc1C1=NCC(c2ccc(F)cc2)=C1. The van der Waals surface area contributed by atoms with Gasteiger partial charge < -0.3 is 15.2 Å². The summed E-state index contributed by atoms with van der Waals surface area (Å²) in [5.74, 6) is -1.66. The maximum atomic E-state index is 13.3. The highest BCUT2D eigenvalue weighted by Crippen LogP contribution is 2.28. The highest BCUT2D eigenvalue weighted by atomic mass is 19.4. The van der Waals surface area contributed by atoms with Crippen LogP contribution in [0.4, 0.5) is 17.6 Å². The molecule has 1 aliphatic heterocycles. The molecule has 0 spiro atoms. The first-order valence-electron chi connectivity index (χ1n) is 10.9. The van der Waals surface area contributed by atoms with Crippen molar-refractivity contribution < 1.29 is 32.2 Å². The predicted molar refractivity (Wildman–Crippen MR) is 125 cm³/mol. The standard InChI is InChI=1S/C26H21F4N3O3/c27-18-6-4-16(5-7-18)17-11-24(32-14-17)22-9-8-21(36-26(28,29)30)13-23(22)25(35)33-20(15-34)12-19-3-1-2-10-31-19/h1-11,13,20,34H,12,14-15H2,(H,33,35)/t20-/m1/s1. The number of hydrogen-bond acceptors (Lipinski definition) is 5. The summed E-state index contributed by atoms with van der Waals surface area (Å²) in [5, 5.41) is 12.4. The van der Waals surface area contributed by atoms with E-state index in [4.69, 9.17) is 0 Å². The van der Waals surface area contributed by atoms with Gasteiger partial charge in [-0.05, 0) is 59.7 Å². The van der Waals surface area contributed by atoms with E-state index in [1.165, 1.54) is 18.2 Å². The molecule has 0 bridgehead atoms. The van der Waals surface area contributed by atoms with Gasteiger partial charge >= 0.3 is 6.36 Å². The third-order valence-electron chi connectivity index (χ3n) is 5.43. The van der Waals surface area contributed by atoms with Crippen LogP contribution in [0.3, 0.4) is 0 Å². The summed E-state index contributed by atoms with van der Waals surface area (Å²) in [7, 11) is 0. The Hall–Kier alpha value is -4.05. The molecule has 10 heteroatoms. The van der Waals surface area contributed by atoms with Gasteiger partial charge in [0.25, 0.3) is 5.91 Å². The molecule has 0 unspecified atom stereocenters. The minimum Gasteiger partial charge on any atom is -0.406 e. The monoisotopic (exact) mass is 499 g/mol. The van der Waals surface area contributed by atoms with Crippen molar-refractivity contribution >= 4 is 17.2 Å². The normalized spacial score (nSPS) is 14.1. The number of benzene rings is 2. The number of aliphatic hydroxyl groups excluding tert-OH is 1. The molecular weight excluding hydrogens is 478 g/mol. The maximum absolute atomic E-state index is 13.3. The average molecular weight is 499 g/mol. The summed E-state index contributed by atoms with van der Waals surface area (Å²) in [4.78, 5) is 21.8. The van der Waals surface area contributed by atoms with Gasteiger partial charge in [0.2, 0.25) is 0 Å². The molecule has 1 aliphatic rings. The Morgan fingerprint density at radius 2 is 1.89 bits per heavy atom. The van der Waals surface area contributed by atoms with Crippen molar-refractivity contribution in [2.45, 2.75) is 18.8 Å². The van der Waals surface area contributed by atoms with E-state index in [1.807, 2.05) is 0 Å². The fourth-order valence-electron chi connectivity index (χ4n) is 3.76. The number of nitrogens with one attached hydrogen (secondary N) is 1. The van der Waals surface area contributed by atoms with Gasteiger partial charge in [-0.3, -0.25) is 14.8 Å². The van der Waals surface area contributed by atoms with Gasteiger partial charge in [0.05, 0.1) is 30.5 Å². The molecule has 1 atom stereocenters. The summed E-state index contributed by atoms with van der Waals surface area (Å²) < 4.78 is 55.8. The van der Waals surface area contributed by atoms with Crippen LogP contribution >= 0.6 is 0 Å². The van der Waals surface area contributed by atoms with E-state index in [2.05, 4.69) is 20.0 Å². The van der Waals surface area contributed by atoms with Crippen molar-refractivity contribution in [1.29, 1.82) is 0 Å². The van der Waals surface area contributed by atoms with Crippen LogP contribution in [0.15, 0.2) is 77.9 Å². The van der Waals surface area contributed by atoms with E-state index in [1.54, 1.807) is 42.6 Å². The molecule has 4 rings (SSSR count). The van der Waals surface area contributed by atoms with Crippen molar-refractivity contribution in [2.75, 3.05) is 13.2 Å². The molecule has 0 fully saturated rings. The van der Waals surface area contributed by atoms with Crippen molar-refractivity contribution in [2.24, 2.45) is 4.99 Å². The van der Waals surface area contributed by atoms with Crippen LogP contribution in [0.5, 0.6) is 5.75 Å². The van der Waals surface area contributed by atoms with Crippen molar-refractivity contribution in [1.82, 2.24) is 10.3 Å². The zero-order chi connectivity index (χ0) is 25.7. The van der Waals surface area contributed by atoms with Crippen LogP contribution in [0.2, 0.25) is 0 Å². The predicted octanol–water partition coefficient (Wildman–Crippen LogP) is 4.34. The third kappa shape index (κ3) is 6.33. The highest BCUT2D eigenvalue weighted by Gasteiger charge is 2.32. The molecule has 0 aliphatic carbocycles. The summed E-state index contributed by atoms with van der Waals surface area (Å²) in [6.45, 7) is -0.159. The van der Waals surface area contributed by atoms with Gasteiger partial charge in [0, 0.05) is 23.9 Å². The Balaban J connectivity index is 1.63. The molecule has 0 saturated heterocycles. The lowest BCUT2D eigenvalue weighted by atomic mass is 9.99. The van der Waals surface area contributed by atoms with E-state index < -0.39 is 30.7 Å². The number of nitrogens with zero attached hydrogens (tertiary/aromatic N) is 2. The zero-order valence-corrected chi connectivity index (χ0v) is 18.8. The second-order valence-electron chi connectivity index (χ2n) is 8.01. The van der Waals surface area contributed by atoms with Gasteiger partial charge in [-0.15, -0.1) is 13.2 Å². The fraction of sp³-hybridized carbons (Fsp3) is 0.192. The molecule has 3 aromatic rings. The van der Waals surface area contributed by atoms with E-state index in [0.29, 0.717) is 11.4 Å². The first-order valence-corrected chi connectivity index (χ1v) is 10.9. The number of amides is 1. The maximum Gasteiger partial charge on any atom is 0.573 e. The van der Waals surface area contributed by atoms with Crippen LogP contribution in [-0.4, -0.2) is 47.3 Å². The smallest absolute Gasteiger partial charge is 0.406 e. The minimum atomic E-state index is -4.94. The Labute approximate surface area is 204 Å². The quantitative estimate of drug-likeness (QED) is 0.452. The molecule has 0 saturated carbocycles. The molecule has 0 radical (unpaired) electrons. The fourth-order valence-corrected chi connectivity index (χ4v) is 3.76. The minimum absolute atomic E-state index is 0.105. The molecule has 2 heterocycles. The Morgan fingerprint density at radius 3 is 2.56 bits per heavy atom. The number of alkyl halides is 3. The molecule has 2 aromatic carbocycles. The van der Waals surface area contributed by atoms with Crippen LogP contribution in [0.25, 0.3) is 5.57 Å². The number of carbonyl (C=O) groups excluding carboxylic acids is 1. The summed E-state index contributed by atoms with van der Waals surface area (Å²) in [6, 6.07) is 13.7. The molecule has 186 valence electrons. The second-order valence-corrected chi connectivity index (χ2v) is 8.01. The number of pyridine rings is 1. The highest BCUT2D eigenvalue weighted by molar-refractivity contribution is 6.19. The number of allylic oxidation sites excluding steroid dienone is 1. The topological polar surface area (TPSA) is 83.8 Å². The van der Waals surface area contributed by atoms with Crippen LogP contribution in [0, 0.1) is 5.82 Å². The molecule has 36 heavy (non-hydrogen) atoms. The Bertz CT molecular complexity index is 1290. The lowest BCUT2D eigenvalue weighted by molar-refractivity contribution is -0.274. The van der Waals surface area contributed by atoms with E-state index in [0.717, 1.165) is 23.3 Å². The number of ether oxygens (including phenoxy) is 1. The van der Waals surface area contributed by atoms with E-state index >= 15 is 0 Å². The summed E-state index contributed by atoms with van der Waals surface area (Å²) >= 11 is 0. The number of carbonyl (C=O) groups is 1. The van der Waals surface area contributed by atoms with Crippen molar-refractivity contribution in [3.05, 3.63) is 101 Å². The number of rotatable bonds is 8. The largest absolute Gasteiger partial charge is 0.573 e. The summed E-state index contributed by atoms with van der Waals surface area (Å²) in [6.07, 6.45) is -1.46. The van der Waals surface area contributed by atoms with E-state index in [9.17, 15) is 27.5 Å². The Kier molecular flexibility index (Phi) is 7.44. The molecule has 6 nitrogen and oxygen atoms in total. The average Bonchev–Trinajstić information content (AvgIpc) is 3.33. The number of aliphatic hydroxyl groups is 1. The zero-order valence-electron chi connectivity index (χ0n) is 18.8. The number of halogens is 4. The van der Waals surface area contributed by atoms with Gasteiger partial charge in [0.1, 0.15) is 11.6 Å². The molecule has 2 N–H and O–H groups in total. The Morgan fingerprint density at radius 1 is 1.11 bits per heavy atom. The molecule has 1 aromatic heterocycles. The van der Waals surface area contributed by atoms with Gasteiger partial charge in [-0.1, -0.05) is 18.2 Å². The van der Waals surface area contributed by atoms with Crippen molar-refractivity contribution in [3.8, 4) is 5.75 Å². The lowest BCUT2D eigenvalue weighted by Crippen LogP contribution is -2.39. The summed E-state index contributed by atoms with van der Waals surface area (Å²) in [5.41, 5.74) is 2.67. The first-order chi connectivity index (χ1) is 17.2. The van der Waals surface area contributed by atoms with Gasteiger partial charge in [0.15, 0.2) is 0 Å². The van der Waals surface area contributed by atoms with Gasteiger partial charge in [-0.2, -0.15) is 0 Å². The molecular formula is C26H21F4N3O3. The second kappa shape index (κ2) is 10.7. The van der Waals surface area contributed by atoms with Crippen LogP contribution in [0.1, 0.15) is 27.2 Å². The van der Waals surface area contributed by atoms with E-state index in [-0.39, 0.29) is 29.9 Å². The first kappa shape index (κ1) is 25.1. The number of hydrogen-bond donors (Lipinski definition) is 2. The van der Waals surface area contributed by atoms with Gasteiger partial charge in [-0.25, -0.2) is 4.39 Å². The lowest BCUT2D eigenvalue weighted by Gasteiger charge is -2.18. The number of aliphatic imine (C=N–C) groups is 1. The number of aromatic nitrogens is 1. The third-order valence-corrected chi connectivity index (χ3v) is 5.43.